The third-order valence-corrected chi connectivity index (χ3v) is 4.13. The number of halogens is 2. The number of benzene rings is 1. The molecule has 0 heterocycles. The maximum absolute atomic E-state index is 9.49. The second-order valence-electron chi connectivity index (χ2n) is 2.32. The molecule has 0 aliphatic heterocycles. The van der Waals surface area contributed by atoms with Crippen molar-refractivity contribution in [2.45, 2.75) is 6.10 Å². The molecule has 64 valence electrons. The van der Waals surface area contributed by atoms with Gasteiger partial charge in [0, 0.05) is 8.04 Å². The van der Waals surface area contributed by atoms with Crippen LogP contribution < -0.4 is 0 Å². The predicted octanol–water partition coefficient (Wildman–Crippen LogP) is 3.27. The van der Waals surface area contributed by atoms with E-state index in [9.17, 15) is 5.11 Å². The Morgan fingerprint density at radius 1 is 1.58 bits per heavy atom. The molecular weight excluding hydrogens is 331 g/mol. The molecule has 0 saturated carbocycles. The second-order valence-corrected chi connectivity index (χ2v) is 4.26. The molecule has 1 aromatic rings. The zero-order valence-electron chi connectivity index (χ0n) is 6.30. The summed E-state index contributed by atoms with van der Waals surface area (Å²) < 4.78 is 2.03. The lowest BCUT2D eigenvalue weighted by Gasteiger charge is -2.08. The quantitative estimate of drug-likeness (QED) is 0.648. The summed E-state index contributed by atoms with van der Waals surface area (Å²) in [4.78, 5) is 0. The molecule has 1 rings (SSSR count). The van der Waals surface area contributed by atoms with Gasteiger partial charge in [0.05, 0.1) is 6.10 Å². The molecule has 1 unspecified atom stereocenters. The van der Waals surface area contributed by atoms with Gasteiger partial charge in [-0.2, -0.15) is 0 Å². The molecule has 1 aromatic carbocycles. The van der Waals surface area contributed by atoms with Crippen molar-refractivity contribution in [3.63, 3.8) is 0 Å². The summed E-state index contributed by atoms with van der Waals surface area (Å²) in [5, 5.41) is 9.49. The zero-order chi connectivity index (χ0) is 9.14. The molecule has 1 nitrogen and oxygen atoms in total. The summed E-state index contributed by atoms with van der Waals surface area (Å²) in [7, 11) is 0. The molecule has 0 aliphatic carbocycles. The van der Waals surface area contributed by atoms with Crippen molar-refractivity contribution >= 4 is 38.5 Å². The van der Waals surface area contributed by atoms with Crippen molar-refractivity contribution < 1.29 is 5.11 Å². The normalized spacial score (nSPS) is 12.6. The van der Waals surface area contributed by atoms with Crippen molar-refractivity contribution in [3.05, 3.63) is 44.5 Å². The number of aliphatic hydroxyl groups excluding tert-OH is 1. The first-order valence-corrected chi connectivity index (χ1v) is 5.28. The van der Waals surface area contributed by atoms with Gasteiger partial charge in [0.15, 0.2) is 0 Å². The lowest BCUT2D eigenvalue weighted by molar-refractivity contribution is 0.228. The largest absolute Gasteiger partial charge is 0.384 e. The molecule has 12 heavy (non-hydrogen) atoms. The van der Waals surface area contributed by atoms with E-state index in [4.69, 9.17) is 0 Å². The van der Waals surface area contributed by atoms with Crippen LogP contribution in [0.15, 0.2) is 35.3 Å². The molecule has 0 bridgehead atoms. The summed E-state index contributed by atoms with van der Waals surface area (Å²) in [5.74, 6) is 0. The van der Waals surface area contributed by atoms with Crippen LogP contribution in [0.4, 0.5) is 0 Å². The monoisotopic (exact) mass is 338 g/mol. The highest BCUT2D eigenvalue weighted by molar-refractivity contribution is 14.1. The van der Waals surface area contributed by atoms with E-state index < -0.39 is 6.10 Å². The van der Waals surface area contributed by atoms with E-state index in [1.54, 1.807) is 0 Å². The van der Waals surface area contributed by atoms with Crippen LogP contribution in [0.25, 0.3) is 0 Å². The number of rotatable bonds is 2. The highest BCUT2D eigenvalue weighted by Gasteiger charge is 2.08. The average molecular weight is 339 g/mol. The van der Waals surface area contributed by atoms with E-state index >= 15 is 0 Å². The van der Waals surface area contributed by atoms with Crippen LogP contribution in [0.1, 0.15) is 11.7 Å². The molecule has 0 radical (unpaired) electrons. The first kappa shape index (κ1) is 10.2. The van der Waals surface area contributed by atoms with Crippen LogP contribution in [0.3, 0.4) is 0 Å². The molecule has 0 aromatic heterocycles. The fourth-order valence-corrected chi connectivity index (χ4v) is 1.94. The highest BCUT2D eigenvalue weighted by Crippen LogP contribution is 2.27. The smallest absolute Gasteiger partial charge is 0.0979 e. The van der Waals surface area contributed by atoms with Gasteiger partial charge < -0.3 is 5.11 Å². The Kier molecular flexibility index (Phi) is 3.74. The number of hydrogen-bond donors (Lipinski definition) is 1. The summed E-state index contributed by atoms with van der Waals surface area (Å²) in [6.07, 6.45) is 0.943. The Hall–Kier alpha value is 0.130. The third kappa shape index (κ3) is 2.08. The van der Waals surface area contributed by atoms with Crippen LogP contribution in [-0.4, -0.2) is 5.11 Å². The van der Waals surface area contributed by atoms with Gasteiger partial charge >= 0.3 is 0 Å². The van der Waals surface area contributed by atoms with E-state index in [1.165, 1.54) is 6.08 Å². The SMILES string of the molecule is C=CC(O)c1cccc(Br)c1I. The molecule has 0 spiro atoms. The summed E-state index contributed by atoms with van der Waals surface area (Å²) >= 11 is 5.58. The molecular formula is C9H8BrIO. The van der Waals surface area contributed by atoms with Gasteiger partial charge in [-0.05, 0) is 50.2 Å². The Balaban J connectivity index is 3.15. The molecule has 0 amide bonds. The molecule has 3 heteroatoms. The van der Waals surface area contributed by atoms with Crippen LogP contribution in [0.2, 0.25) is 0 Å². The molecule has 0 saturated heterocycles. The van der Waals surface area contributed by atoms with Crippen LogP contribution in [0.5, 0.6) is 0 Å². The summed E-state index contributed by atoms with van der Waals surface area (Å²) in [5.41, 5.74) is 0.889. The van der Waals surface area contributed by atoms with Gasteiger partial charge in [0.1, 0.15) is 0 Å². The third-order valence-electron chi connectivity index (χ3n) is 1.52. The van der Waals surface area contributed by atoms with E-state index in [-0.39, 0.29) is 0 Å². The first-order chi connectivity index (χ1) is 5.66. The lowest BCUT2D eigenvalue weighted by atomic mass is 10.1. The van der Waals surface area contributed by atoms with Crippen LogP contribution in [0, 0.1) is 3.57 Å². The van der Waals surface area contributed by atoms with E-state index in [1.807, 2.05) is 18.2 Å². The van der Waals surface area contributed by atoms with Crippen molar-refractivity contribution in [3.8, 4) is 0 Å². The Bertz CT molecular complexity index is 299. The predicted molar refractivity (Wildman–Crippen MR) is 62.0 cm³/mol. The van der Waals surface area contributed by atoms with Gasteiger partial charge in [-0.15, -0.1) is 6.58 Å². The van der Waals surface area contributed by atoms with Crippen molar-refractivity contribution in [1.29, 1.82) is 0 Å². The second kappa shape index (κ2) is 4.39. The van der Waals surface area contributed by atoms with Crippen LogP contribution >= 0.6 is 38.5 Å². The molecule has 0 fully saturated rings. The van der Waals surface area contributed by atoms with Crippen LogP contribution in [-0.2, 0) is 0 Å². The van der Waals surface area contributed by atoms with Crippen molar-refractivity contribution in [2.75, 3.05) is 0 Å². The van der Waals surface area contributed by atoms with Gasteiger partial charge in [-0.1, -0.05) is 18.2 Å². The minimum Gasteiger partial charge on any atom is -0.384 e. The molecule has 0 aliphatic rings. The van der Waals surface area contributed by atoms with Gasteiger partial charge in [-0.3, -0.25) is 0 Å². The Morgan fingerprint density at radius 3 is 2.83 bits per heavy atom. The fraction of sp³-hybridized carbons (Fsp3) is 0.111. The minimum atomic E-state index is -0.575. The highest BCUT2D eigenvalue weighted by atomic mass is 127. The average Bonchev–Trinajstić information content (AvgIpc) is 2.08. The first-order valence-electron chi connectivity index (χ1n) is 3.41. The topological polar surface area (TPSA) is 20.2 Å². The maximum Gasteiger partial charge on any atom is 0.0979 e. The lowest BCUT2D eigenvalue weighted by Crippen LogP contribution is -1.95. The maximum atomic E-state index is 9.49. The summed E-state index contributed by atoms with van der Waals surface area (Å²) in [6.45, 7) is 3.54. The Morgan fingerprint density at radius 2 is 2.25 bits per heavy atom. The van der Waals surface area contributed by atoms with E-state index in [2.05, 4.69) is 45.1 Å². The van der Waals surface area contributed by atoms with E-state index in [0.717, 1.165) is 13.6 Å². The van der Waals surface area contributed by atoms with Gasteiger partial charge in [0.25, 0.3) is 0 Å². The molecule has 1 atom stereocenters. The van der Waals surface area contributed by atoms with Crippen molar-refractivity contribution in [2.24, 2.45) is 0 Å². The van der Waals surface area contributed by atoms with Gasteiger partial charge in [-0.25, -0.2) is 0 Å². The standard InChI is InChI=1S/C9H8BrIO/c1-2-8(12)6-4-3-5-7(10)9(6)11/h2-5,8,12H,1H2. The van der Waals surface area contributed by atoms with Crippen molar-refractivity contribution in [1.82, 2.24) is 0 Å². The number of hydrogen-bond acceptors (Lipinski definition) is 1. The number of aliphatic hydroxyl groups is 1. The molecule has 1 N–H and O–H groups in total. The Labute approximate surface area is 93.8 Å². The fourth-order valence-electron chi connectivity index (χ4n) is 0.876. The zero-order valence-corrected chi connectivity index (χ0v) is 10.0. The minimum absolute atomic E-state index is 0.575. The van der Waals surface area contributed by atoms with E-state index in [0.29, 0.717) is 0 Å². The van der Waals surface area contributed by atoms with Gasteiger partial charge in [0.2, 0.25) is 0 Å². The summed E-state index contributed by atoms with van der Waals surface area (Å²) in [6, 6.07) is 5.73.